The summed E-state index contributed by atoms with van der Waals surface area (Å²) in [6.45, 7) is 2.25. The summed E-state index contributed by atoms with van der Waals surface area (Å²) in [5.74, 6) is 0.0206. The van der Waals surface area contributed by atoms with Crippen LogP contribution in [0.5, 0.6) is 0 Å². The molecule has 0 heterocycles. The van der Waals surface area contributed by atoms with Crippen LogP contribution >= 0.6 is 0 Å². The van der Waals surface area contributed by atoms with Gasteiger partial charge >= 0.3 is 0 Å². The number of rotatable bonds is 6. The molecule has 0 saturated heterocycles. The summed E-state index contributed by atoms with van der Waals surface area (Å²) in [5.41, 5.74) is 6.33. The Hall–Kier alpha value is -0.910. The molecule has 1 aromatic carbocycles. The minimum atomic E-state index is -3.24. The SMILES string of the molecule is CC(N)CCNS(=O)(=O)Cc1ccccc1. The zero-order chi connectivity index (χ0) is 12.0. The molecule has 16 heavy (non-hydrogen) atoms. The first-order chi connectivity index (χ1) is 7.49. The normalized spacial score (nSPS) is 13.6. The summed E-state index contributed by atoms with van der Waals surface area (Å²) in [6.07, 6.45) is 0.647. The Balaban J connectivity index is 2.46. The standard InChI is InChI=1S/C11H18N2O2S/c1-10(12)7-8-13-16(14,15)9-11-5-3-2-4-6-11/h2-6,10,13H,7-9,12H2,1H3. The van der Waals surface area contributed by atoms with Gasteiger partial charge in [0.05, 0.1) is 5.75 Å². The van der Waals surface area contributed by atoms with Gasteiger partial charge in [-0.15, -0.1) is 0 Å². The zero-order valence-electron chi connectivity index (χ0n) is 9.39. The molecule has 4 nitrogen and oxygen atoms in total. The Morgan fingerprint density at radius 3 is 2.50 bits per heavy atom. The third kappa shape index (κ3) is 5.25. The quantitative estimate of drug-likeness (QED) is 0.776. The molecule has 0 aliphatic carbocycles. The molecular formula is C11H18N2O2S. The van der Waals surface area contributed by atoms with E-state index in [1.54, 1.807) is 12.1 Å². The van der Waals surface area contributed by atoms with Crippen LogP contribution in [-0.2, 0) is 15.8 Å². The van der Waals surface area contributed by atoms with Crippen molar-refractivity contribution in [3.63, 3.8) is 0 Å². The van der Waals surface area contributed by atoms with E-state index in [1.807, 2.05) is 25.1 Å². The minimum absolute atomic E-state index is 0.0134. The monoisotopic (exact) mass is 242 g/mol. The highest BCUT2D eigenvalue weighted by atomic mass is 32.2. The van der Waals surface area contributed by atoms with E-state index in [9.17, 15) is 8.42 Å². The van der Waals surface area contributed by atoms with Crippen LogP contribution in [-0.4, -0.2) is 21.0 Å². The van der Waals surface area contributed by atoms with Gasteiger partial charge in [0.1, 0.15) is 0 Å². The third-order valence-corrected chi connectivity index (χ3v) is 3.48. The molecule has 0 aromatic heterocycles. The summed E-state index contributed by atoms with van der Waals surface area (Å²) in [6, 6.07) is 9.12. The first kappa shape index (κ1) is 13.2. The molecule has 90 valence electrons. The van der Waals surface area contributed by atoms with Crippen molar-refractivity contribution >= 4 is 10.0 Å². The average Bonchev–Trinajstić information content (AvgIpc) is 2.17. The number of nitrogens with two attached hydrogens (primary N) is 1. The fraction of sp³-hybridized carbons (Fsp3) is 0.455. The predicted octanol–water partition coefficient (Wildman–Crippen LogP) is 0.843. The van der Waals surface area contributed by atoms with Gasteiger partial charge in [-0.25, -0.2) is 13.1 Å². The van der Waals surface area contributed by atoms with Gasteiger partial charge in [0, 0.05) is 12.6 Å². The molecule has 0 aliphatic heterocycles. The summed E-state index contributed by atoms with van der Waals surface area (Å²) in [4.78, 5) is 0. The highest BCUT2D eigenvalue weighted by Crippen LogP contribution is 2.03. The molecule has 0 aliphatic rings. The first-order valence-corrected chi connectivity index (χ1v) is 6.92. The maximum Gasteiger partial charge on any atom is 0.215 e. The van der Waals surface area contributed by atoms with Crippen molar-refractivity contribution in [3.8, 4) is 0 Å². The molecule has 0 amide bonds. The van der Waals surface area contributed by atoms with E-state index in [0.29, 0.717) is 13.0 Å². The Morgan fingerprint density at radius 1 is 1.31 bits per heavy atom. The molecule has 1 atom stereocenters. The lowest BCUT2D eigenvalue weighted by Gasteiger charge is -2.08. The van der Waals surface area contributed by atoms with Crippen LogP contribution in [0.15, 0.2) is 30.3 Å². The van der Waals surface area contributed by atoms with Crippen molar-refractivity contribution in [1.29, 1.82) is 0 Å². The molecule has 1 aromatic rings. The van der Waals surface area contributed by atoms with Crippen LogP contribution in [0.4, 0.5) is 0 Å². The molecular weight excluding hydrogens is 224 g/mol. The van der Waals surface area contributed by atoms with Crippen molar-refractivity contribution in [2.45, 2.75) is 25.1 Å². The molecule has 0 bridgehead atoms. The predicted molar refractivity (Wildman–Crippen MR) is 65.3 cm³/mol. The summed E-state index contributed by atoms with van der Waals surface area (Å²) < 4.78 is 25.8. The van der Waals surface area contributed by atoms with Gasteiger partial charge in [-0.2, -0.15) is 0 Å². The first-order valence-electron chi connectivity index (χ1n) is 5.26. The van der Waals surface area contributed by atoms with Crippen molar-refractivity contribution < 1.29 is 8.42 Å². The van der Waals surface area contributed by atoms with Crippen LogP contribution in [0.2, 0.25) is 0 Å². The molecule has 5 heteroatoms. The molecule has 0 radical (unpaired) electrons. The van der Waals surface area contributed by atoms with Crippen LogP contribution in [0, 0.1) is 0 Å². The van der Waals surface area contributed by atoms with Crippen LogP contribution in [0.3, 0.4) is 0 Å². The lowest BCUT2D eigenvalue weighted by atomic mass is 10.2. The van der Waals surface area contributed by atoms with E-state index in [1.165, 1.54) is 0 Å². The van der Waals surface area contributed by atoms with Crippen LogP contribution in [0.1, 0.15) is 18.9 Å². The second-order valence-electron chi connectivity index (χ2n) is 3.90. The van der Waals surface area contributed by atoms with Gasteiger partial charge < -0.3 is 5.73 Å². The van der Waals surface area contributed by atoms with Gasteiger partial charge in [0.25, 0.3) is 0 Å². The Morgan fingerprint density at radius 2 is 1.94 bits per heavy atom. The Kier molecular flexibility index (Phi) is 4.92. The molecule has 0 spiro atoms. The highest BCUT2D eigenvalue weighted by molar-refractivity contribution is 7.88. The second kappa shape index (κ2) is 5.98. The van der Waals surface area contributed by atoms with Crippen molar-refractivity contribution in [3.05, 3.63) is 35.9 Å². The minimum Gasteiger partial charge on any atom is -0.328 e. The summed E-state index contributed by atoms with van der Waals surface area (Å²) in [5, 5.41) is 0. The van der Waals surface area contributed by atoms with E-state index >= 15 is 0 Å². The maximum atomic E-state index is 11.6. The fourth-order valence-corrected chi connectivity index (χ4v) is 2.45. The van der Waals surface area contributed by atoms with Crippen LogP contribution < -0.4 is 10.5 Å². The number of hydrogen-bond acceptors (Lipinski definition) is 3. The Labute approximate surface area is 96.9 Å². The summed E-state index contributed by atoms with van der Waals surface area (Å²) >= 11 is 0. The van der Waals surface area contributed by atoms with Gasteiger partial charge in [-0.3, -0.25) is 0 Å². The van der Waals surface area contributed by atoms with E-state index < -0.39 is 10.0 Å². The van der Waals surface area contributed by atoms with Crippen molar-refractivity contribution in [2.24, 2.45) is 5.73 Å². The largest absolute Gasteiger partial charge is 0.328 e. The smallest absolute Gasteiger partial charge is 0.215 e. The number of sulfonamides is 1. The number of hydrogen-bond donors (Lipinski definition) is 2. The van der Waals surface area contributed by atoms with E-state index in [2.05, 4.69) is 4.72 Å². The zero-order valence-corrected chi connectivity index (χ0v) is 10.2. The van der Waals surface area contributed by atoms with Gasteiger partial charge in [-0.05, 0) is 18.9 Å². The van der Waals surface area contributed by atoms with Gasteiger partial charge in [0.2, 0.25) is 10.0 Å². The van der Waals surface area contributed by atoms with Crippen LogP contribution in [0.25, 0.3) is 0 Å². The van der Waals surface area contributed by atoms with E-state index in [4.69, 9.17) is 5.73 Å². The summed E-state index contributed by atoms with van der Waals surface area (Å²) in [7, 11) is -3.24. The molecule has 1 rings (SSSR count). The topological polar surface area (TPSA) is 72.2 Å². The Bertz CT molecular complexity index is 401. The second-order valence-corrected chi connectivity index (χ2v) is 5.71. The average molecular weight is 242 g/mol. The fourth-order valence-electron chi connectivity index (χ4n) is 1.29. The van der Waals surface area contributed by atoms with E-state index in [-0.39, 0.29) is 11.8 Å². The molecule has 1 unspecified atom stereocenters. The van der Waals surface area contributed by atoms with E-state index in [0.717, 1.165) is 5.56 Å². The van der Waals surface area contributed by atoms with Crippen molar-refractivity contribution in [2.75, 3.05) is 6.54 Å². The van der Waals surface area contributed by atoms with Gasteiger partial charge in [0.15, 0.2) is 0 Å². The molecule has 0 saturated carbocycles. The number of nitrogens with one attached hydrogen (secondary N) is 1. The number of benzene rings is 1. The molecule has 0 fully saturated rings. The maximum absolute atomic E-state index is 11.6. The lowest BCUT2D eigenvalue weighted by Crippen LogP contribution is -2.29. The van der Waals surface area contributed by atoms with Crippen molar-refractivity contribution in [1.82, 2.24) is 4.72 Å². The highest BCUT2D eigenvalue weighted by Gasteiger charge is 2.10. The third-order valence-electron chi connectivity index (χ3n) is 2.12. The lowest BCUT2D eigenvalue weighted by molar-refractivity contribution is 0.571. The molecule has 3 N–H and O–H groups in total. The van der Waals surface area contributed by atoms with Gasteiger partial charge in [-0.1, -0.05) is 30.3 Å².